The van der Waals surface area contributed by atoms with Gasteiger partial charge < -0.3 is 18.9 Å². The van der Waals surface area contributed by atoms with E-state index in [1.807, 2.05) is 27.7 Å². The van der Waals surface area contributed by atoms with Crippen molar-refractivity contribution < 1.29 is 38.1 Å². The lowest BCUT2D eigenvalue weighted by atomic mass is 9.91. The quantitative estimate of drug-likeness (QED) is 0.0251. The van der Waals surface area contributed by atoms with E-state index in [1.165, 1.54) is 128 Å². The average Bonchev–Trinajstić information content (AvgIpc) is 3.42. The predicted octanol–water partition coefficient (Wildman–Crippen LogP) is 19.9. The lowest BCUT2D eigenvalue weighted by Crippen LogP contribution is -2.45. The standard InChI is InChI=1S/C65H116O8S4/c1-9-13-17-21-25-29-33-37-57(74)45-41-53(5)61(66)70-49-65(50-71-62(67)54(6)42-46-58(75)38-34-30-26-22-18-14-10-2,51-72-63(68)55(7)43-47-59(76)39-35-31-27-23-19-15-11-3)52-73-64(69)56(8)44-48-60(77)40-36-32-28-24-20-16-12-4/h53-56H,9-52H2,1-8H3. The van der Waals surface area contributed by atoms with Crippen LogP contribution in [0.5, 0.6) is 0 Å². The van der Waals surface area contributed by atoms with Crippen molar-refractivity contribution in [2.45, 2.75) is 312 Å². The Morgan fingerprint density at radius 3 is 0.636 bits per heavy atom. The van der Waals surface area contributed by atoms with Crippen LogP contribution in [0.2, 0.25) is 0 Å². The second-order valence-corrected chi connectivity index (χ2v) is 25.6. The fraction of sp³-hybridized carbons (Fsp3) is 0.877. The zero-order valence-corrected chi connectivity index (χ0v) is 54.1. The number of carbonyl (C=O) groups excluding carboxylic acids is 4. The van der Waals surface area contributed by atoms with Crippen LogP contribution in [0.15, 0.2) is 0 Å². The van der Waals surface area contributed by atoms with Crippen molar-refractivity contribution >= 4 is 92.2 Å². The number of ether oxygens (including phenoxy) is 4. The van der Waals surface area contributed by atoms with Crippen LogP contribution in [0.3, 0.4) is 0 Å². The molecule has 0 aromatic heterocycles. The Morgan fingerprint density at radius 2 is 0.455 bits per heavy atom. The molecule has 0 saturated heterocycles. The van der Waals surface area contributed by atoms with Gasteiger partial charge in [-0.3, -0.25) is 19.2 Å². The van der Waals surface area contributed by atoms with Gasteiger partial charge in [-0.1, -0.05) is 258 Å². The van der Waals surface area contributed by atoms with E-state index in [9.17, 15) is 19.2 Å². The highest BCUT2D eigenvalue weighted by Gasteiger charge is 2.39. The Balaban J connectivity index is 6.22. The molecule has 0 aliphatic carbocycles. The Morgan fingerprint density at radius 1 is 0.286 bits per heavy atom. The van der Waals surface area contributed by atoms with Gasteiger partial charge in [-0.05, 0) is 122 Å². The van der Waals surface area contributed by atoms with Crippen LogP contribution in [0.1, 0.15) is 312 Å². The normalized spacial score (nSPS) is 13.7. The Labute approximate surface area is 495 Å². The van der Waals surface area contributed by atoms with E-state index in [4.69, 9.17) is 67.8 Å². The summed E-state index contributed by atoms with van der Waals surface area (Å²) in [6.07, 6.45) is 42.2. The fourth-order valence-corrected chi connectivity index (χ4v) is 10.4. The Hall–Kier alpha value is -1.76. The topological polar surface area (TPSA) is 105 Å². The van der Waals surface area contributed by atoms with Gasteiger partial charge in [0.05, 0.1) is 23.7 Å². The predicted molar refractivity (Wildman–Crippen MR) is 341 cm³/mol. The van der Waals surface area contributed by atoms with Gasteiger partial charge in [-0.2, -0.15) is 0 Å². The molecule has 448 valence electrons. The van der Waals surface area contributed by atoms with E-state index < -0.39 is 53.0 Å². The van der Waals surface area contributed by atoms with E-state index in [0.717, 1.165) is 96.5 Å². The van der Waals surface area contributed by atoms with Gasteiger partial charge in [0.1, 0.15) is 31.8 Å². The molecule has 12 heteroatoms. The second kappa shape index (κ2) is 51.1. The van der Waals surface area contributed by atoms with Crippen molar-refractivity contribution in [3.05, 3.63) is 0 Å². The first-order valence-electron chi connectivity index (χ1n) is 31.8. The SMILES string of the molecule is CCCCCCCCCC(=S)CCC(C)C(=O)OCC(COC(=O)C(C)CCC(=S)CCCCCCCCC)(COC(=O)C(C)CCC(=S)CCCCCCCCC)COC(=O)C(C)CCC(=S)CCCCCCCCC. The van der Waals surface area contributed by atoms with E-state index in [0.29, 0.717) is 51.4 Å². The minimum absolute atomic E-state index is 0.294. The molecule has 0 aliphatic rings. The lowest BCUT2D eigenvalue weighted by molar-refractivity contribution is -0.175. The van der Waals surface area contributed by atoms with Crippen molar-refractivity contribution in [2.75, 3.05) is 26.4 Å². The summed E-state index contributed by atoms with van der Waals surface area (Å²) in [5, 5.41) is 0. The summed E-state index contributed by atoms with van der Waals surface area (Å²) < 4.78 is 24.3. The molecule has 0 aromatic rings. The number of thiocarbonyl (C=S) groups is 4. The van der Waals surface area contributed by atoms with Crippen LogP contribution >= 0.6 is 48.9 Å². The first-order valence-corrected chi connectivity index (χ1v) is 33.4. The number of unbranched alkanes of at least 4 members (excludes halogenated alkanes) is 24. The third-order valence-electron chi connectivity index (χ3n) is 15.4. The van der Waals surface area contributed by atoms with E-state index in [2.05, 4.69) is 27.7 Å². The average molecular weight is 1150 g/mol. The lowest BCUT2D eigenvalue weighted by Gasteiger charge is -2.33. The molecule has 0 N–H and O–H groups in total. The smallest absolute Gasteiger partial charge is 0.308 e. The fourth-order valence-electron chi connectivity index (χ4n) is 9.31. The molecule has 0 rings (SSSR count). The Kier molecular flexibility index (Phi) is 50.0. The summed E-state index contributed by atoms with van der Waals surface area (Å²) in [4.78, 5) is 59.1. The maximum Gasteiger partial charge on any atom is 0.308 e. The molecule has 4 atom stereocenters. The highest BCUT2D eigenvalue weighted by atomic mass is 32.1. The minimum atomic E-state index is -1.38. The van der Waals surface area contributed by atoms with Crippen LogP contribution in [-0.4, -0.2) is 69.8 Å². The number of hydrogen-bond acceptors (Lipinski definition) is 12. The summed E-state index contributed by atoms with van der Waals surface area (Å²) in [6, 6.07) is 0. The summed E-state index contributed by atoms with van der Waals surface area (Å²) in [5.74, 6) is -3.62. The van der Waals surface area contributed by atoms with Gasteiger partial charge in [0.15, 0.2) is 0 Å². The van der Waals surface area contributed by atoms with Crippen molar-refractivity contribution in [1.29, 1.82) is 0 Å². The van der Waals surface area contributed by atoms with Gasteiger partial charge in [-0.15, -0.1) is 0 Å². The minimum Gasteiger partial charge on any atom is -0.464 e. The molecule has 0 radical (unpaired) electrons. The van der Waals surface area contributed by atoms with Gasteiger partial charge in [0, 0.05) is 0 Å². The summed E-state index contributed by atoms with van der Waals surface area (Å²) in [5.41, 5.74) is -1.38. The molecule has 4 unspecified atom stereocenters. The molecule has 8 nitrogen and oxygen atoms in total. The van der Waals surface area contributed by atoms with Crippen LogP contribution < -0.4 is 0 Å². The molecule has 0 heterocycles. The van der Waals surface area contributed by atoms with Crippen molar-refractivity contribution in [1.82, 2.24) is 0 Å². The molecule has 0 amide bonds. The molecule has 0 aromatic carbocycles. The molecular weight excluding hydrogens is 1040 g/mol. The molecule has 0 spiro atoms. The maximum absolute atomic E-state index is 13.8. The number of rotatable bonds is 56. The van der Waals surface area contributed by atoms with Gasteiger partial charge in [0.25, 0.3) is 0 Å². The first kappa shape index (κ1) is 75.2. The molecule has 0 bridgehead atoms. The van der Waals surface area contributed by atoms with Crippen LogP contribution in [0.25, 0.3) is 0 Å². The van der Waals surface area contributed by atoms with Crippen molar-refractivity contribution in [2.24, 2.45) is 29.1 Å². The first-order chi connectivity index (χ1) is 37.0. The summed E-state index contributed by atoms with van der Waals surface area (Å²) in [6.45, 7) is 15.1. The number of esters is 4. The summed E-state index contributed by atoms with van der Waals surface area (Å²) in [7, 11) is 0. The van der Waals surface area contributed by atoms with Crippen LogP contribution in [0.4, 0.5) is 0 Å². The molecule has 0 aliphatic heterocycles. The zero-order chi connectivity index (χ0) is 57.4. The van der Waals surface area contributed by atoms with Crippen molar-refractivity contribution in [3.8, 4) is 0 Å². The van der Waals surface area contributed by atoms with Gasteiger partial charge in [-0.25, -0.2) is 0 Å². The molecule has 0 saturated carbocycles. The van der Waals surface area contributed by atoms with E-state index in [1.54, 1.807) is 0 Å². The van der Waals surface area contributed by atoms with Gasteiger partial charge >= 0.3 is 23.9 Å². The van der Waals surface area contributed by atoms with Crippen LogP contribution in [-0.2, 0) is 38.1 Å². The third kappa shape index (κ3) is 43.6. The molecular formula is C65H116O8S4. The maximum atomic E-state index is 13.8. The highest BCUT2D eigenvalue weighted by Crippen LogP contribution is 2.27. The monoisotopic (exact) mass is 1150 g/mol. The Bertz CT molecular complexity index is 1350. The van der Waals surface area contributed by atoms with Crippen molar-refractivity contribution in [3.63, 3.8) is 0 Å². The second-order valence-electron chi connectivity index (χ2n) is 23.3. The zero-order valence-electron chi connectivity index (χ0n) is 50.8. The number of carbonyl (C=O) groups is 4. The number of hydrogen-bond donors (Lipinski definition) is 0. The van der Waals surface area contributed by atoms with E-state index in [-0.39, 0.29) is 26.4 Å². The van der Waals surface area contributed by atoms with Crippen LogP contribution in [0, 0.1) is 29.1 Å². The molecule has 0 fully saturated rings. The third-order valence-corrected chi connectivity index (χ3v) is 17.0. The highest BCUT2D eigenvalue weighted by molar-refractivity contribution is 7.81. The largest absolute Gasteiger partial charge is 0.464 e. The molecule has 77 heavy (non-hydrogen) atoms. The van der Waals surface area contributed by atoms with Gasteiger partial charge in [0.2, 0.25) is 0 Å². The van der Waals surface area contributed by atoms with E-state index >= 15 is 0 Å². The summed E-state index contributed by atoms with van der Waals surface area (Å²) >= 11 is 23.0.